The largest absolute Gasteiger partial charge is 0.346 e. The van der Waals surface area contributed by atoms with Crippen LogP contribution in [0.15, 0.2) is 18.2 Å². The molecule has 0 aliphatic rings. The van der Waals surface area contributed by atoms with E-state index < -0.39 is 17.9 Å². The molecule has 0 heterocycles. The first-order valence-electron chi connectivity index (χ1n) is 5.32. The standard InChI is InChI=1S/C12H14ClFO3/c1-3-16-12(17-4-2)11(15)9-6-5-8(13)7-10(9)14/h5-7,12H,3-4H2,1-2H3. The number of ether oxygens (including phenoxy) is 2. The molecular weight excluding hydrogens is 247 g/mol. The zero-order chi connectivity index (χ0) is 12.8. The van der Waals surface area contributed by atoms with Crippen LogP contribution in [-0.2, 0) is 9.47 Å². The van der Waals surface area contributed by atoms with Gasteiger partial charge in [-0.2, -0.15) is 0 Å². The van der Waals surface area contributed by atoms with Crippen LogP contribution in [0, 0.1) is 5.82 Å². The number of ketones is 1. The predicted octanol–water partition coefficient (Wildman–Crippen LogP) is 3.06. The number of carbonyl (C=O) groups excluding carboxylic acids is 1. The minimum Gasteiger partial charge on any atom is -0.346 e. The van der Waals surface area contributed by atoms with Crippen LogP contribution in [0.2, 0.25) is 5.02 Å². The molecular formula is C12H14ClFO3. The Balaban J connectivity index is 2.92. The highest BCUT2D eigenvalue weighted by molar-refractivity contribution is 6.30. The molecule has 3 nitrogen and oxygen atoms in total. The van der Waals surface area contributed by atoms with Crippen LogP contribution in [0.4, 0.5) is 4.39 Å². The lowest BCUT2D eigenvalue weighted by Gasteiger charge is -2.15. The van der Waals surface area contributed by atoms with Crippen LogP contribution >= 0.6 is 11.6 Å². The van der Waals surface area contributed by atoms with E-state index in [-0.39, 0.29) is 10.6 Å². The van der Waals surface area contributed by atoms with Crippen molar-refractivity contribution < 1.29 is 18.7 Å². The van der Waals surface area contributed by atoms with Crippen LogP contribution in [0.25, 0.3) is 0 Å². The molecule has 0 atom stereocenters. The van der Waals surface area contributed by atoms with Crippen LogP contribution in [0.3, 0.4) is 0 Å². The van der Waals surface area contributed by atoms with Gasteiger partial charge in [-0.15, -0.1) is 0 Å². The SMILES string of the molecule is CCOC(OCC)C(=O)c1ccc(Cl)cc1F. The maximum Gasteiger partial charge on any atom is 0.222 e. The first-order valence-corrected chi connectivity index (χ1v) is 5.70. The van der Waals surface area contributed by atoms with Crippen molar-refractivity contribution in [1.29, 1.82) is 0 Å². The van der Waals surface area contributed by atoms with Gasteiger partial charge < -0.3 is 9.47 Å². The van der Waals surface area contributed by atoms with Gasteiger partial charge in [0.1, 0.15) is 5.82 Å². The van der Waals surface area contributed by atoms with E-state index in [0.717, 1.165) is 6.07 Å². The highest BCUT2D eigenvalue weighted by atomic mass is 35.5. The van der Waals surface area contributed by atoms with Crippen molar-refractivity contribution in [2.45, 2.75) is 20.1 Å². The molecule has 0 aliphatic heterocycles. The molecule has 0 amide bonds. The number of rotatable bonds is 6. The minimum atomic E-state index is -1.07. The summed E-state index contributed by atoms with van der Waals surface area (Å²) in [7, 11) is 0. The monoisotopic (exact) mass is 260 g/mol. The molecule has 0 aliphatic carbocycles. The predicted molar refractivity (Wildman–Crippen MR) is 62.8 cm³/mol. The smallest absolute Gasteiger partial charge is 0.222 e. The first-order chi connectivity index (χ1) is 8.10. The first kappa shape index (κ1) is 14.1. The Bertz CT molecular complexity index is 389. The van der Waals surface area contributed by atoms with E-state index in [1.54, 1.807) is 13.8 Å². The molecule has 0 bridgehead atoms. The van der Waals surface area contributed by atoms with Crippen LogP contribution in [0.5, 0.6) is 0 Å². The molecule has 94 valence electrons. The van der Waals surface area contributed by atoms with E-state index in [1.165, 1.54) is 12.1 Å². The van der Waals surface area contributed by atoms with Crippen molar-refractivity contribution in [3.63, 3.8) is 0 Å². The Morgan fingerprint density at radius 1 is 1.35 bits per heavy atom. The third kappa shape index (κ3) is 3.77. The Morgan fingerprint density at radius 2 is 1.94 bits per heavy atom. The van der Waals surface area contributed by atoms with Crippen molar-refractivity contribution in [3.05, 3.63) is 34.6 Å². The summed E-state index contributed by atoms with van der Waals surface area (Å²) in [5.74, 6) is -1.21. The van der Waals surface area contributed by atoms with E-state index in [2.05, 4.69) is 0 Å². The molecule has 0 aromatic heterocycles. The van der Waals surface area contributed by atoms with Crippen molar-refractivity contribution in [3.8, 4) is 0 Å². The molecule has 0 saturated heterocycles. The number of carbonyl (C=O) groups is 1. The van der Waals surface area contributed by atoms with Gasteiger partial charge >= 0.3 is 0 Å². The number of hydrogen-bond donors (Lipinski definition) is 0. The van der Waals surface area contributed by atoms with Gasteiger partial charge in [0.05, 0.1) is 5.56 Å². The van der Waals surface area contributed by atoms with Gasteiger partial charge in [0.25, 0.3) is 0 Å². The Morgan fingerprint density at radius 3 is 2.41 bits per heavy atom. The van der Waals surface area contributed by atoms with Crippen LogP contribution in [0.1, 0.15) is 24.2 Å². The summed E-state index contributed by atoms with van der Waals surface area (Å²) in [4.78, 5) is 11.9. The van der Waals surface area contributed by atoms with Crippen molar-refractivity contribution >= 4 is 17.4 Å². The maximum absolute atomic E-state index is 13.5. The summed E-state index contributed by atoms with van der Waals surface area (Å²) in [6.45, 7) is 4.09. The molecule has 0 unspecified atom stereocenters. The molecule has 0 saturated carbocycles. The van der Waals surface area contributed by atoms with Gasteiger partial charge in [-0.1, -0.05) is 11.6 Å². The zero-order valence-electron chi connectivity index (χ0n) is 9.70. The van der Waals surface area contributed by atoms with Gasteiger partial charge in [-0.25, -0.2) is 4.39 Å². The van der Waals surface area contributed by atoms with Crippen LogP contribution < -0.4 is 0 Å². The molecule has 1 aromatic rings. The fourth-order valence-corrected chi connectivity index (χ4v) is 1.48. The lowest BCUT2D eigenvalue weighted by atomic mass is 10.1. The number of halogens is 2. The Labute approximate surface area is 104 Å². The average molecular weight is 261 g/mol. The van der Waals surface area contributed by atoms with Gasteiger partial charge in [0.15, 0.2) is 0 Å². The third-order valence-corrected chi connectivity index (χ3v) is 2.28. The van der Waals surface area contributed by atoms with E-state index in [0.29, 0.717) is 13.2 Å². The van der Waals surface area contributed by atoms with Crippen molar-refractivity contribution in [1.82, 2.24) is 0 Å². The highest BCUT2D eigenvalue weighted by Gasteiger charge is 2.23. The summed E-state index contributed by atoms with van der Waals surface area (Å²) in [6, 6.07) is 3.86. The van der Waals surface area contributed by atoms with Gasteiger partial charge in [-0.3, -0.25) is 4.79 Å². The second-order valence-corrected chi connectivity index (χ2v) is 3.67. The van der Waals surface area contributed by atoms with E-state index in [1.807, 2.05) is 0 Å². The van der Waals surface area contributed by atoms with Gasteiger partial charge in [-0.05, 0) is 32.0 Å². The fraction of sp³-hybridized carbons (Fsp3) is 0.417. The Hall–Kier alpha value is -0.970. The molecule has 0 spiro atoms. The summed E-state index contributed by atoms with van der Waals surface area (Å²) in [6.07, 6.45) is -1.07. The van der Waals surface area contributed by atoms with E-state index in [9.17, 15) is 9.18 Å². The summed E-state index contributed by atoms with van der Waals surface area (Å²) in [5.41, 5.74) is -0.0821. The molecule has 0 fully saturated rings. The van der Waals surface area contributed by atoms with Gasteiger partial charge in [0, 0.05) is 18.2 Å². The Kier molecular flexibility index (Phi) is 5.55. The minimum absolute atomic E-state index is 0.0821. The average Bonchev–Trinajstić information content (AvgIpc) is 2.28. The molecule has 0 N–H and O–H groups in total. The second-order valence-electron chi connectivity index (χ2n) is 3.23. The second kappa shape index (κ2) is 6.69. The molecule has 17 heavy (non-hydrogen) atoms. The molecule has 5 heteroatoms. The maximum atomic E-state index is 13.5. The number of hydrogen-bond acceptors (Lipinski definition) is 3. The third-order valence-electron chi connectivity index (χ3n) is 2.05. The quantitative estimate of drug-likeness (QED) is 0.582. The zero-order valence-corrected chi connectivity index (χ0v) is 10.5. The normalized spacial score (nSPS) is 10.9. The van der Waals surface area contributed by atoms with E-state index in [4.69, 9.17) is 21.1 Å². The highest BCUT2D eigenvalue weighted by Crippen LogP contribution is 2.17. The molecule has 1 rings (SSSR count). The number of Topliss-reactive ketones (excluding diaryl/α,β-unsaturated/α-hetero) is 1. The van der Waals surface area contributed by atoms with Crippen LogP contribution in [-0.4, -0.2) is 25.3 Å². The van der Waals surface area contributed by atoms with Crippen molar-refractivity contribution in [2.24, 2.45) is 0 Å². The fourth-order valence-electron chi connectivity index (χ4n) is 1.32. The summed E-state index contributed by atoms with van der Waals surface area (Å²) in [5, 5.41) is 0.239. The number of benzene rings is 1. The summed E-state index contributed by atoms with van der Waals surface area (Å²) < 4.78 is 23.8. The van der Waals surface area contributed by atoms with Crippen molar-refractivity contribution in [2.75, 3.05) is 13.2 Å². The van der Waals surface area contributed by atoms with Gasteiger partial charge in [0.2, 0.25) is 12.1 Å². The van der Waals surface area contributed by atoms with E-state index >= 15 is 0 Å². The lowest BCUT2D eigenvalue weighted by molar-refractivity contribution is -0.107. The molecule has 0 radical (unpaired) electrons. The lowest BCUT2D eigenvalue weighted by Crippen LogP contribution is -2.28. The topological polar surface area (TPSA) is 35.5 Å². The summed E-state index contributed by atoms with van der Waals surface area (Å²) >= 11 is 5.61. The molecule has 1 aromatic carbocycles.